The van der Waals surface area contributed by atoms with E-state index < -0.39 is 0 Å². The summed E-state index contributed by atoms with van der Waals surface area (Å²) >= 11 is 0. The Bertz CT molecular complexity index is 161. The molecule has 1 amide bonds. The maximum Gasteiger partial charge on any atom is 0.237 e. The van der Waals surface area contributed by atoms with Crippen LogP contribution in [0.2, 0.25) is 0 Å². The smallest absolute Gasteiger partial charge is 0.237 e. The fraction of sp³-hybridized carbons (Fsp3) is 0.857. The third-order valence-electron chi connectivity index (χ3n) is 1.95. The molecule has 1 aliphatic rings. The highest BCUT2D eigenvalue weighted by atomic mass is 16.5. The summed E-state index contributed by atoms with van der Waals surface area (Å²) < 4.78 is 5.10. The highest BCUT2D eigenvalue weighted by Gasteiger charge is 2.26. The number of nitrogens with zero attached hydrogens (tertiary/aromatic N) is 1. The number of hydrogen-bond donors (Lipinski definition) is 2. The first-order chi connectivity index (χ1) is 5.75. The van der Waals surface area contributed by atoms with E-state index in [1.54, 1.807) is 0 Å². The third kappa shape index (κ3) is 2.17. The van der Waals surface area contributed by atoms with Crippen LogP contribution in [-0.2, 0) is 9.53 Å². The number of carbonyl (C=O) groups is 1. The largest absolute Gasteiger partial charge is 0.395 e. The lowest BCUT2D eigenvalue weighted by molar-refractivity contribution is -0.129. The van der Waals surface area contributed by atoms with Crippen molar-refractivity contribution in [2.75, 3.05) is 32.9 Å². The maximum absolute atomic E-state index is 10.9. The zero-order valence-electron chi connectivity index (χ0n) is 6.90. The second-order valence-electron chi connectivity index (χ2n) is 2.75. The first kappa shape index (κ1) is 9.44. The van der Waals surface area contributed by atoms with Gasteiger partial charge < -0.3 is 15.6 Å². The van der Waals surface area contributed by atoms with Crippen LogP contribution in [0.15, 0.2) is 0 Å². The normalized spacial score (nSPS) is 25.6. The molecule has 1 aliphatic heterocycles. The zero-order chi connectivity index (χ0) is 8.97. The SMILES string of the molecule is NC(=O)C1COCCN1CCO. The summed E-state index contributed by atoms with van der Waals surface area (Å²) in [6, 6.07) is -0.370. The van der Waals surface area contributed by atoms with Gasteiger partial charge in [0.2, 0.25) is 5.91 Å². The molecule has 3 N–H and O–H groups in total. The highest BCUT2D eigenvalue weighted by Crippen LogP contribution is 2.04. The lowest BCUT2D eigenvalue weighted by Crippen LogP contribution is -2.53. The lowest BCUT2D eigenvalue weighted by atomic mass is 10.2. The number of β-amino-alcohol motifs (C(OH)–C–C–N with tert-alkyl or cyclic N) is 1. The van der Waals surface area contributed by atoms with Gasteiger partial charge in [-0.25, -0.2) is 0 Å². The fourth-order valence-electron chi connectivity index (χ4n) is 1.30. The van der Waals surface area contributed by atoms with Crippen LogP contribution in [0, 0.1) is 0 Å². The Labute approximate surface area is 71.1 Å². The van der Waals surface area contributed by atoms with Crippen LogP contribution in [0.25, 0.3) is 0 Å². The topological polar surface area (TPSA) is 75.8 Å². The average Bonchev–Trinajstić information content (AvgIpc) is 2.05. The number of nitrogens with two attached hydrogens (primary N) is 1. The maximum atomic E-state index is 10.9. The molecule has 5 nitrogen and oxygen atoms in total. The van der Waals surface area contributed by atoms with Crippen LogP contribution in [0.5, 0.6) is 0 Å². The van der Waals surface area contributed by atoms with E-state index in [0.717, 1.165) is 0 Å². The van der Waals surface area contributed by atoms with Gasteiger partial charge in [0.05, 0.1) is 19.8 Å². The van der Waals surface area contributed by atoms with E-state index in [4.69, 9.17) is 15.6 Å². The number of carbonyl (C=O) groups excluding carboxylic acids is 1. The van der Waals surface area contributed by atoms with E-state index in [9.17, 15) is 4.79 Å². The molecule has 0 aromatic rings. The molecule has 0 aromatic heterocycles. The summed E-state index contributed by atoms with van der Waals surface area (Å²) in [6.45, 7) is 2.13. The number of amides is 1. The Balaban J connectivity index is 2.48. The van der Waals surface area contributed by atoms with Crippen molar-refractivity contribution in [1.29, 1.82) is 0 Å². The van der Waals surface area contributed by atoms with Gasteiger partial charge in [-0.3, -0.25) is 9.69 Å². The minimum Gasteiger partial charge on any atom is -0.395 e. The summed E-state index contributed by atoms with van der Waals surface area (Å²) in [5, 5.41) is 8.68. The molecule has 5 heteroatoms. The first-order valence-electron chi connectivity index (χ1n) is 3.97. The van der Waals surface area contributed by atoms with Gasteiger partial charge in [0.1, 0.15) is 6.04 Å². The Morgan fingerprint density at radius 3 is 3.08 bits per heavy atom. The van der Waals surface area contributed by atoms with Crippen molar-refractivity contribution in [2.45, 2.75) is 6.04 Å². The Morgan fingerprint density at radius 1 is 1.75 bits per heavy atom. The van der Waals surface area contributed by atoms with Gasteiger partial charge >= 0.3 is 0 Å². The summed E-state index contributed by atoms with van der Waals surface area (Å²) in [6.07, 6.45) is 0. The van der Waals surface area contributed by atoms with Gasteiger partial charge in [-0.15, -0.1) is 0 Å². The summed E-state index contributed by atoms with van der Waals surface area (Å²) in [4.78, 5) is 12.7. The number of aliphatic hydroxyl groups excluding tert-OH is 1. The molecule has 1 rings (SSSR count). The van der Waals surface area contributed by atoms with Crippen LogP contribution in [0.3, 0.4) is 0 Å². The van der Waals surface area contributed by atoms with Gasteiger partial charge in [0.15, 0.2) is 0 Å². The van der Waals surface area contributed by atoms with Crippen LogP contribution in [-0.4, -0.2) is 54.9 Å². The number of primary amides is 1. The number of morpholine rings is 1. The van der Waals surface area contributed by atoms with E-state index in [1.807, 2.05) is 4.90 Å². The van der Waals surface area contributed by atoms with E-state index in [1.165, 1.54) is 0 Å². The van der Waals surface area contributed by atoms with Gasteiger partial charge in [-0.2, -0.15) is 0 Å². The summed E-state index contributed by atoms with van der Waals surface area (Å²) in [7, 11) is 0. The minimum absolute atomic E-state index is 0.0454. The predicted molar refractivity (Wildman–Crippen MR) is 42.5 cm³/mol. The Morgan fingerprint density at radius 2 is 2.50 bits per heavy atom. The molecule has 0 aromatic carbocycles. The molecule has 1 unspecified atom stereocenters. The summed E-state index contributed by atoms with van der Waals surface area (Å²) in [5.41, 5.74) is 5.15. The van der Waals surface area contributed by atoms with Crippen molar-refractivity contribution in [3.05, 3.63) is 0 Å². The second-order valence-corrected chi connectivity index (χ2v) is 2.75. The number of aliphatic hydroxyl groups is 1. The van der Waals surface area contributed by atoms with Gasteiger partial charge in [0.25, 0.3) is 0 Å². The third-order valence-corrected chi connectivity index (χ3v) is 1.95. The number of rotatable bonds is 3. The molecule has 0 radical (unpaired) electrons. The van der Waals surface area contributed by atoms with Crippen LogP contribution in [0.1, 0.15) is 0 Å². The van der Waals surface area contributed by atoms with Crippen LogP contribution in [0.4, 0.5) is 0 Å². The van der Waals surface area contributed by atoms with Gasteiger partial charge in [0, 0.05) is 13.1 Å². The molecular formula is C7H14N2O3. The van der Waals surface area contributed by atoms with Crippen molar-refractivity contribution < 1.29 is 14.6 Å². The monoisotopic (exact) mass is 174 g/mol. The second kappa shape index (κ2) is 4.39. The number of hydrogen-bond acceptors (Lipinski definition) is 4. The molecule has 1 heterocycles. The van der Waals surface area contributed by atoms with Crippen molar-refractivity contribution >= 4 is 5.91 Å². The van der Waals surface area contributed by atoms with Gasteiger partial charge in [-0.05, 0) is 0 Å². The molecular weight excluding hydrogens is 160 g/mol. The van der Waals surface area contributed by atoms with Crippen molar-refractivity contribution in [1.82, 2.24) is 4.90 Å². The zero-order valence-corrected chi connectivity index (χ0v) is 6.90. The van der Waals surface area contributed by atoms with E-state index in [0.29, 0.717) is 26.3 Å². The Kier molecular flexibility index (Phi) is 3.46. The quantitative estimate of drug-likeness (QED) is 0.527. The molecule has 70 valence electrons. The van der Waals surface area contributed by atoms with Crippen molar-refractivity contribution in [3.63, 3.8) is 0 Å². The van der Waals surface area contributed by atoms with Crippen molar-refractivity contribution in [2.24, 2.45) is 5.73 Å². The molecule has 0 saturated carbocycles. The standard InChI is InChI=1S/C7H14N2O3/c8-7(11)6-5-12-4-2-9(6)1-3-10/h6,10H,1-5H2,(H2,8,11). The van der Waals surface area contributed by atoms with Crippen LogP contribution >= 0.6 is 0 Å². The lowest BCUT2D eigenvalue weighted by Gasteiger charge is -2.32. The van der Waals surface area contributed by atoms with Crippen molar-refractivity contribution in [3.8, 4) is 0 Å². The predicted octanol–water partition coefficient (Wildman–Crippen LogP) is -1.84. The molecule has 12 heavy (non-hydrogen) atoms. The highest BCUT2D eigenvalue weighted by molar-refractivity contribution is 5.80. The van der Waals surface area contributed by atoms with E-state index in [-0.39, 0.29) is 18.6 Å². The van der Waals surface area contributed by atoms with Gasteiger partial charge in [-0.1, -0.05) is 0 Å². The fourth-order valence-corrected chi connectivity index (χ4v) is 1.30. The molecule has 0 spiro atoms. The van der Waals surface area contributed by atoms with Crippen LogP contribution < -0.4 is 5.73 Å². The van der Waals surface area contributed by atoms with E-state index >= 15 is 0 Å². The Hall–Kier alpha value is -0.650. The number of ether oxygens (including phenoxy) is 1. The average molecular weight is 174 g/mol. The molecule has 1 atom stereocenters. The minimum atomic E-state index is -0.386. The molecule has 0 aliphatic carbocycles. The molecule has 1 saturated heterocycles. The molecule has 0 bridgehead atoms. The summed E-state index contributed by atoms with van der Waals surface area (Å²) in [5.74, 6) is -0.386. The van der Waals surface area contributed by atoms with E-state index in [2.05, 4.69) is 0 Å². The molecule has 1 fully saturated rings. The first-order valence-corrected chi connectivity index (χ1v) is 3.97.